The van der Waals surface area contributed by atoms with E-state index in [-0.39, 0.29) is 18.1 Å². The van der Waals surface area contributed by atoms with Crippen LogP contribution >= 0.6 is 0 Å². The van der Waals surface area contributed by atoms with Gasteiger partial charge in [-0.1, -0.05) is 12.1 Å². The molecule has 0 saturated carbocycles. The Bertz CT molecular complexity index is 667. The van der Waals surface area contributed by atoms with E-state index in [1.54, 1.807) is 6.08 Å². The van der Waals surface area contributed by atoms with Crippen molar-refractivity contribution in [1.29, 1.82) is 0 Å². The molecule has 1 amide bonds. The lowest BCUT2D eigenvalue weighted by atomic mass is 9.89. The zero-order chi connectivity index (χ0) is 17.3. The second-order valence-electron chi connectivity index (χ2n) is 7.00. The predicted molar refractivity (Wildman–Crippen MR) is 92.5 cm³/mol. The van der Waals surface area contributed by atoms with Crippen LogP contribution in [0.5, 0.6) is 11.5 Å². The van der Waals surface area contributed by atoms with Gasteiger partial charge in [0.15, 0.2) is 11.5 Å². The van der Waals surface area contributed by atoms with E-state index in [0.717, 1.165) is 44.0 Å². The largest absolute Gasteiger partial charge is 0.454 e. The summed E-state index contributed by atoms with van der Waals surface area (Å²) < 4.78 is 16.8. The fourth-order valence-electron chi connectivity index (χ4n) is 3.83. The number of piperidine rings is 1. The van der Waals surface area contributed by atoms with Gasteiger partial charge in [0, 0.05) is 26.2 Å². The van der Waals surface area contributed by atoms with Crippen LogP contribution in [0, 0.1) is 0 Å². The molecule has 1 aromatic rings. The first-order valence-electron chi connectivity index (χ1n) is 8.81. The van der Waals surface area contributed by atoms with E-state index < -0.39 is 0 Å². The maximum absolute atomic E-state index is 11.9. The van der Waals surface area contributed by atoms with Crippen LogP contribution in [0.15, 0.2) is 30.9 Å². The van der Waals surface area contributed by atoms with Crippen molar-refractivity contribution in [1.82, 2.24) is 9.80 Å². The lowest BCUT2D eigenvalue weighted by molar-refractivity contribution is -0.170. The molecule has 2 saturated heterocycles. The van der Waals surface area contributed by atoms with Crippen LogP contribution in [0.2, 0.25) is 0 Å². The van der Waals surface area contributed by atoms with Crippen LogP contribution in [-0.4, -0.2) is 60.9 Å². The third kappa shape index (κ3) is 3.37. The average molecular weight is 344 g/mol. The number of ether oxygens (including phenoxy) is 3. The van der Waals surface area contributed by atoms with Crippen molar-refractivity contribution in [3.05, 3.63) is 36.4 Å². The summed E-state index contributed by atoms with van der Waals surface area (Å²) in [5.74, 6) is 1.72. The summed E-state index contributed by atoms with van der Waals surface area (Å²) >= 11 is 0. The second-order valence-corrected chi connectivity index (χ2v) is 7.00. The monoisotopic (exact) mass is 344 g/mol. The number of morpholine rings is 1. The highest BCUT2D eigenvalue weighted by atomic mass is 16.7. The van der Waals surface area contributed by atoms with Crippen molar-refractivity contribution in [3.8, 4) is 11.5 Å². The predicted octanol–water partition coefficient (Wildman–Crippen LogP) is 1.79. The van der Waals surface area contributed by atoms with Crippen LogP contribution in [-0.2, 0) is 16.1 Å². The summed E-state index contributed by atoms with van der Waals surface area (Å²) in [4.78, 5) is 16.2. The molecule has 1 spiro atoms. The molecule has 0 aliphatic carbocycles. The van der Waals surface area contributed by atoms with Crippen LogP contribution in [0.3, 0.4) is 0 Å². The number of benzene rings is 1. The molecule has 0 radical (unpaired) electrons. The number of hydrogen-bond acceptors (Lipinski definition) is 5. The van der Waals surface area contributed by atoms with Gasteiger partial charge in [-0.15, -0.1) is 6.58 Å². The van der Waals surface area contributed by atoms with Crippen molar-refractivity contribution >= 4 is 5.91 Å². The summed E-state index contributed by atoms with van der Waals surface area (Å²) in [6.07, 6.45) is 3.67. The SMILES string of the molecule is C=CCN1CC2(CCN(Cc3ccc4c(c3)OCO4)CC2)OCC1=O. The Morgan fingerprint density at radius 3 is 2.80 bits per heavy atom. The number of rotatable bonds is 4. The molecule has 1 aromatic carbocycles. The fraction of sp³-hybridized carbons (Fsp3) is 0.526. The molecule has 2 fully saturated rings. The highest BCUT2D eigenvalue weighted by molar-refractivity contribution is 5.78. The fourth-order valence-corrected chi connectivity index (χ4v) is 3.83. The van der Waals surface area contributed by atoms with Gasteiger partial charge in [-0.05, 0) is 30.5 Å². The highest BCUT2D eigenvalue weighted by Crippen LogP contribution is 2.34. The average Bonchev–Trinajstić information content (AvgIpc) is 3.09. The summed E-state index contributed by atoms with van der Waals surface area (Å²) in [5.41, 5.74) is 1.04. The quantitative estimate of drug-likeness (QED) is 0.780. The molecule has 134 valence electrons. The van der Waals surface area contributed by atoms with E-state index in [9.17, 15) is 4.79 Å². The van der Waals surface area contributed by atoms with Gasteiger partial charge < -0.3 is 19.1 Å². The van der Waals surface area contributed by atoms with Gasteiger partial charge in [-0.3, -0.25) is 9.69 Å². The smallest absolute Gasteiger partial charge is 0.248 e. The lowest BCUT2D eigenvalue weighted by Gasteiger charge is -2.46. The molecule has 3 aliphatic rings. The van der Waals surface area contributed by atoms with E-state index >= 15 is 0 Å². The van der Waals surface area contributed by atoms with Crippen LogP contribution in [0.4, 0.5) is 0 Å². The third-order valence-electron chi connectivity index (χ3n) is 5.29. The minimum Gasteiger partial charge on any atom is -0.454 e. The molecule has 0 bridgehead atoms. The van der Waals surface area contributed by atoms with Crippen molar-refractivity contribution in [2.75, 3.05) is 39.6 Å². The molecule has 0 unspecified atom stereocenters. The Balaban J connectivity index is 1.35. The van der Waals surface area contributed by atoms with E-state index in [4.69, 9.17) is 14.2 Å². The van der Waals surface area contributed by atoms with Crippen molar-refractivity contribution in [3.63, 3.8) is 0 Å². The third-order valence-corrected chi connectivity index (χ3v) is 5.29. The number of carbonyl (C=O) groups is 1. The Morgan fingerprint density at radius 2 is 2.00 bits per heavy atom. The lowest BCUT2D eigenvalue weighted by Crippen LogP contribution is -2.58. The van der Waals surface area contributed by atoms with Crippen molar-refractivity contribution in [2.45, 2.75) is 25.0 Å². The minimum absolute atomic E-state index is 0.0633. The zero-order valence-corrected chi connectivity index (χ0v) is 14.4. The topological polar surface area (TPSA) is 51.2 Å². The number of likely N-dealkylation sites (tertiary alicyclic amines) is 1. The summed E-state index contributed by atoms with van der Waals surface area (Å²) in [6, 6.07) is 6.14. The molecule has 25 heavy (non-hydrogen) atoms. The number of carbonyl (C=O) groups excluding carboxylic acids is 1. The van der Waals surface area contributed by atoms with E-state index in [1.807, 2.05) is 11.0 Å². The molecule has 0 aromatic heterocycles. The first kappa shape index (κ1) is 16.4. The van der Waals surface area contributed by atoms with Gasteiger partial charge in [0.25, 0.3) is 0 Å². The number of hydrogen-bond donors (Lipinski definition) is 0. The molecule has 6 nitrogen and oxygen atoms in total. The van der Waals surface area contributed by atoms with Crippen molar-refractivity contribution < 1.29 is 19.0 Å². The van der Waals surface area contributed by atoms with E-state index in [2.05, 4.69) is 23.6 Å². The van der Waals surface area contributed by atoms with E-state index in [0.29, 0.717) is 19.9 Å². The molecule has 4 rings (SSSR count). The van der Waals surface area contributed by atoms with E-state index in [1.165, 1.54) is 5.56 Å². The van der Waals surface area contributed by atoms with Gasteiger partial charge in [-0.2, -0.15) is 0 Å². The Morgan fingerprint density at radius 1 is 1.20 bits per heavy atom. The second kappa shape index (κ2) is 6.69. The summed E-state index contributed by atoms with van der Waals surface area (Å²) in [7, 11) is 0. The Labute approximate surface area is 147 Å². The van der Waals surface area contributed by atoms with Crippen molar-refractivity contribution in [2.24, 2.45) is 0 Å². The standard InChI is InChI=1S/C19H24N2O4/c1-2-7-21-13-19(25-12-18(21)22)5-8-20(9-6-19)11-15-3-4-16-17(10-15)24-14-23-16/h2-4,10H,1,5-9,11-14H2. The molecule has 3 aliphatic heterocycles. The van der Waals surface area contributed by atoms with Crippen LogP contribution < -0.4 is 9.47 Å². The molecular weight excluding hydrogens is 320 g/mol. The zero-order valence-electron chi connectivity index (χ0n) is 14.4. The number of nitrogens with zero attached hydrogens (tertiary/aromatic N) is 2. The van der Waals surface area contributed by atoms with Gasteiger partial charge >= 0.3 is 0 Å². The Hall–Kier alpha value is -2.05. The minimum atomic E-state index is -0.192. The number of amides is 1. The molecule has 3 heterocycles. The van der Waals surface area contributed by atoms with Crippen LogP contribution in [0.25, 0.3) is 0 Å². The summed E-state index contributed by atoms with van der Waals surface area (Å²) in [5, 5.41) is 0. The van der Waals surface area contributed by atoms with Gasteiger partial charge in [0.05, 0.1) is 12.1 Å². The van der Waals surface area contributed by atoms with Gasteiger partial charge in [0.2, 0.25) is 12.7 Å². The normalized spacial score (nSPS) is 22.4. The maximum Gasteiger partial charge on any atom is 0.248 e. The first-order chi connectivity index (χ1) is 12.2. The molecular formula is C19H24N2O4. The molecule has 0 N–H and O–H groups in total. The Kier molecular flexibility index (Phi) is 4.39. The first-order valence-corrected chi connectivity index (χ1v) is 8.81. The maximum atomic E-state index is 11.9. The van der Waals surface area contributed by atoms with Crippen LogP contribution in [0.1, 0.15) is 18.4 Å². The number of fused-ring (bicyclic) bond motifs is 1. The van der Waals surface area contributed by atoms with Gasteiger partial charge in [-0.25, -0.2) is 0 Å². The van der Waals surface area contributed by atoms with Gasteiger partial charge in [0.1, 0.15) is 6.61 Å². The molecule has 0 atom stereocenters. The molecule has 6 heteroatoms. The highest BCUT2D eigenvalue weighted by Gasteiger charge is 2.41. The summed E-state index contributed by atoms with van der Waals surface area (Å²) in [6.45, 7) is 8.34.